The molecule has 0 aliphatic carbocycles. The Morgan fingerprint density at radius 1 is 1.38 bits per heavy atom. The zero-order chi connectivity index (χ0) is 15.6. The molecule has 2 rings (SSSR count). The number of nitrogens with one attached hydrogen (secondary N) is 1. The summed E-state index contributed by atoms with van der Waals surface area (Å²) in [4.78, 5) is 3.41. The van der Waals surface area contributed by atoms with E-state index < -0.39 is 11.9 Å². The molecule has 0 radical (unpaired) electrons. The molecule has 0 aliphatic rings. The van der Waals surface area contributed by atoms with E-state index in [2.05, 4.69) is 15.4 Å². The first-order valence-electron chi connectivity index (χ1n) is 6.22. The highest BCUT2D eigenvalue weighted by Gasteiger charge is 2.33. The molecule has 1 atom stereocenters. The Kier molecular flexibility index (Phi) is 4.53. The van der Waals surface area contributed by atoms with Gasteiger partial charge >= 0.3 is 6.18 Å². The van der Waals surface area contributed by atoms with E-state index in [1.54, 1.807) is 10.9 Å². The van der Waals surface area contributed by atoms with Crippen LogP contribution in [0, 0.1) is 0 Å². The van der Waals surface area contributed by atoms with Gasteiger partial charge in [0.2, 0.25) is 0 Å². The predicted octanol–water partition coefficient (Wildman–Crippen LogP) is 3.34. The largest absolute Gasteiger partial charge is 0.433 e. The minimum Gasteiger partial charge on any atom is -0.306 e. The van der Waals surface area contributed by atoms with Crippen molar-refractivity contribution in [2.45, 2.75) is 25.7 Å². The molecular formula is C13H14ClF3N4. The van der Waals surface area contributed by atoms with Crippen LogP contribution in [0.2, 0.25) is 5.15 Å². The van der Waals surface area contributed by atoms with Gasteiger partial charge in [-0.05, 0) is 13.0 Å². The monoisotopic (exact) mass is 318 g/mol. The lowest BCUT2D eigenvalue weighted by molar-refractivity contribution is -0.141. The van der Waals surface area contributed by atoms with Crippen LogP contribution in [0.3, 0.4) is 0 Å². The van der Waals surface area contributed by atoms with Gasteiger partial charge in [-0.3, -0.25) is 4.68 Å². The summed E-state index contributed by atoms with van der Waals surface area (Å²) in [6.07, 6.45) is -0.923. The van der Waals surface area contributed by atoms with Gasteiger partial charge in [0.05, 0.1) is 6.20 Å². The third-order valence-corrected chi connectivity index (χ3v) is 3.31. The number of nitrogens with zero attached hydrogens (tertiary/aromatic N) is 3. The van der Waals surface area contributed by atoms with Crippen LogP contribution in [0.15, 0.2) is 24.5 Å². The zero-order valence-electron chi connectivity index (χ0n) is 11.4. The van der Waals surface area contributed by atoms with E-state index in [0.29, 0.717) is 12.1 Å². The van der Waals surface area contributed by atoms with Gasteiger partial charge in [0, 0.05) is 37.0 Å². The summed E-state index contributed by atoms with van der Waals surface area (Å²) in [5, 5.41) is 7.06. The maximum absolute atomic E-state index is 12.5. The second-order valence-electron chi connectivity index (χ2n) is 4.70. The zero-order valence-corrected chi connectivity index (χ0v) is 12.2. The average Bonchev–Trinajstić information content (AvgIpc) is 2.80. The molecule has 0 saturated heterocycles. The first-order valence-corrected chi connectivity index (χ1v) is 6.59. The van der Waals surface area contributed by atoms with Crippen molar-refractivity contribution in [2.24, 2.45) is 7.05 Å². The van der Waals surface area contributed by atoms with Crippen LogP contribution in [-0.4, -0.2) is 14.8 Å². The third-order valence-electron chi connectivity index (χ3n) is 3.01. The molecule has 2 aromatic rings. The molecule has 1 N–H and O–H groups in total. The summed E-state index contributed by atoms with van der Waals surface area (Å²) in [5.41, 5.74) is 0.504. The predicted molar refractivity (Wildman–Crippen MR) is 72.7 cm³/mol. The van der Waals surface area contributed by atoms with Crippen molar-refractivity contribution in [3.05, 3.63) is 46.5 Å². The van der Waals surface area contributed by atoms with E-state index in [1.807, 2.05) is 20.2 Å². The lowest BCUT2D eigenvalue weighted by atomic mass is 10.1. The molecular weight excluding hydrogens is 305 g/mol. The van der Waals surface area contributed by atoms with Gasteiger partial charge in [0.15, 0.2) is 0 Å². The molecule has 8 heteroatoms. The van der Waals surface area contributed by atoms with Crippen molar-refractivity contribution in [3.8, 4) is 0 Å². The molecule has 21 heavy (non-hydrogen) atoms. The molecule has 0 aliphatic heterocycles. The number of aromatic nitrogens is 3. The number of pyridine rings is 1. The Morgan fingerprint density at radius 3 is 2.62 bits per heavy atom. The highest BCUT2D eigenvalue weighted by atomic mass is 35.5. The van der Waals surface area contributed by atoms with E-state index in [0.717, 1.165) is 11.6 Å². The Bertz CT molecular complexity index is 624. The van der Waals surface area contributed by atoms with Crippen molar-refractivity contribution in [1.82, 2.24) is 20.1 Å². The molecule has 0 amide bonds. The van der Waals surface area contributed by atoms with Gasteiger partial charge in [0.1, 0.15) is 10.8 Å². The van der Waals surface area contributed by atoms with Gasteiger partial charge in [-0.1, -0.05) is 17.7 Å². The van der Waals surface area contributed by atoms with Crippen molar-refractivity contribution < 1.29 is 13.2 Å². The topological polar surface area (TPSA) is 42.7 Å². The molecule has 0 saturated carbocycles. The summed E-state index contributed by atoms with van der Waals surface area (Å²) in [6, 6.07) is 2.05. The lowest BCUT2D eigenvalue weighted by Crippen LogP contribution is -2.19. The van der Waals surface area contributed by atoms with Crippen LogP contribution in [-0.2, 0) is 19.8 Å². The summed E-state index contributed by atoms with van der Waals surface area (Å²) in [7, 11) is 1.81. The summed E-state index contributed by atoms with van der Waals surface area (Å²) in [5.74, 6) is 0. The van der Waals surface area contributed by atoms with Crippen molar-refractivity contribution in [2.75, 3.05) is 0 Å². The van der Waals surface area contributed by atoms with E-state index in [-0.39, 0.29) is 11.2 Å². The first kappa shape index (κ1) is 15.8. The fourth-order valence-electron chi connectivity index (χ4n) is 1.87. The van der Waals surface area contributed by atoms with Gasteiger partial charge in [-0.2, -0.15) is 18.3 Å². The molecule has 0 spiro atoms. The Morgan fingerprint density at radius 2 is 2.10 bits per heavy atom. The highest BCUT2D eigenvalue weighted by Crippen LogP contribution is 2.31. The molecule has 0 fully saturated rings. The van der Waals surface area contributed by atoms with Crippen LogP contribution >= 0.6 is 11.6 Å². The molecule has 2 aromatic heterocycles. The van der Waals surface area contributed by atoms with E-state index in [9.17, 15) is 13.2 Å². The standard InChI is InChI=1S/C13H14ClF3N4/c1-8(18-5-9-6-19-21(2)7-9)10-3-4-11(13(15,16)17)20-12(10)14/h3-4,6-8,18H,5H2,1-2H3. The van der Waals surface area contributed by atoms with Crippen LogP contribution < -0.4 is 5.32 Å². The van der Waals surface area contributed by atoms with Crippen molar-refractivity contribution in [3.63, 3.8) is 0 Å². The number of hydrogen-bond acceptors (Lipinski definition) is 3. The smallest absolute Gasteiger partial charge is 0.306 e. The Balaban J connectivity index is 2.07. The molecule has 114 valence electrons. The van der Waals surface area contributed by atoms with Gasteiger partial charge in [0.25, 0.3) is 0 Å². The Labute approximate surface area is 124 Å². The molecule has 1 unspecified atom stereocenters. The summed E-state index contributed by atoms with van der Waals surface area (Å²) in [6.45, 7) is 2.35. The lowest BCUT2D eigenvalue weighted by Gasteiger charge is -2.16. The quantitative estimate of drug-likeness (QED) is 0.879. The minimum absolute atomic E-state index is 0.143. The number of alkyl halides is 3. The van der Waals surface area contributed by atoms with Gasteiger partial charge < -0.3 is 5.32 Å². The van der Waals surface area contributed by atoms with Gasteiger partial charge in [-0.15, -0.1) is 0 Å². The normalized spacial score (nSPS) is 13.4. The molecule has 4 nitrogen and oxygen atoms in total. The second-order valence-corrected chi connectivity index (χ2v) is 5.06. The van der Waals surface area contributed by atoms with Crippen LogP contribution in [0.5, 0.6) is 0 Å². The van der Waals surface area contributed by atoms with Crippen molar-refractivity contribution >= 4 is 11.6 Å². The van der Waals surface area contributed by atoms with E-state index in [1.165, 1.54) is 6.07 Å². The fraction of sp³-hybridized carbons (Fsp3) is 0.385. The van der Waals surface area contributed by atoms with E-state index >= 15 is 0 Å². The second kappa shape index (κ2) is 6.03. The van der Waals surface area contributed by atoms with Crippen molar-refractivity contribution in [1.29, 1.82) is 0 Å². The summed E-state index contributed by atoms with van der Waals surface area (Å²) >= 11 is 5.85. The first-order chi connectivity index (χ1) is 9.77. The third kappa shape index (κ3) is 3.95. The molecule has 2 heterocycles. The number of rotatable bonds is 4. The van der Waals surface area contributed by atoms with Crippen LogP contribution in [0.25, 0.3) is 0 Å². The Hall–Kier alpha value is -1.60. The molecule has 0 bridgehead atoms. The van der Waals surface area contributed by atoms with E-state index in [4.69, 9.17) is 11.6 Å². The maximum Gasteiger partial charge on any atom is 0.433 e. The number of hydrogen-bond donors (Lipinski definition) is 1. The molecule has 0 aromatic carbocycles. The highest BCUT2D eigenvalue weighted by molar-refractivity contribution is 6.30. The average molecular weight is 319 g/mol. The SMILES string of the molecule is CC(NCc1cnn(C)c1)c1ccc(C(F)(F)F)nc1Cl. The number of aryl methyl sites for hydroxylation is 1. The van der Waals surface area contributed by atoms with Gasteiger partial charge in [-0.25, -0.2) is 4.98 Å². The number of halogens is 4. The fourth-order valence-corrected chi connectivity index (χ4v) is 2.19. The van der Waals surface area contributed by atoms with Crippen LogP contribution in [0.4, 0.5) is 13.2 Å². The maximum atomic E-state index is 12.5. The van der Waals surface area contributed by atoms with Crippen LogP contribution in [0.1, 0.15) is 29.8 Å². The minimum atomic E-state index is -4.49. The summed E-state index contributed by atoms with van der Waals surface area (Å²) < 4.78 is 39.3.